The number of pyridine rings is 1. The van der Waals surface area contributed by atoms with Crippen molar-refractivity contribution in [3.05, 3.63) is 103 Å². The van der Waals surface area contributed by atoms with Crippen molar-refractivity contribution in [2.75, 3.05) is 0 Å². The van der Waals surface area contributed by atoms with Crippen molar-refractivity contribution < 1.29 is 27.2 Å². The van der Waals surface area contributed by atoms with Crippen LogP contribution in [0.4, 0.5) is 17.6 Å². The molecule has 5 aromatic rings. The van der Waals surface area contributed by atoms with Gasteiger partial charge in [-0.2, -0.15) is 22.1 Å². The number of alkyl halides is 3. The third kappa shape index (κ3) is 4.54. The maximum absolute atomic E-state index is 15.0. The number of halogens is 5. The maximum Gasteiger partial charge on any atom is 0.416 e. The molecule has 0 bridgehead atoms. The molecule has 0 saturated carbocycles. The molecule has 0 radical (unpaired) electrons. The lowest BCUT2D eigenvalue weighted by Gasteiger charge is -2.14. The summed E-state index contributed by atoms with van der Waals surface area (Å²) >= 11 is 7.21. The molecule has 5 nitrogen and oxygen atoms in total. The summed E-state index contributed by atoms with van der Waals surface area (Å²) in [6.07, 6.45) is -1.40. The first kappa shape index (κ1) is 25.9. The monoisotopic (exact) mass is 560 g/mol. The number of fused-ring (bicyclic) bond motifs is 1. The molecule has 0 amide bonds. The van der Waals surface area contributed by atoms with Gasteiger partial charge >= 0.3 is 11.7 Å². The van der Waals surface area contributed by atoms with Crippen LogP contribution in [0.3, 0.4) is 0 Å². The lowest BCUT2D eigenvalue weighted by Crippen LogP contribution is -2.41. The summed E-state index contributed by atoms with van der Waals surface area (Å²) < 4.78 is 57.7. The summed E-state index contributed by atoms with van der Waals surface area (Å²) in [4.78, 5) is 18.4. The average Bonchev–Trinajstić information content (AvgIpc) is 3.27. The highest BCUT2D eigenvalue weighted by Gasteiger charge is 2.31. The van der Waals surface area contributed by atoms with Gasteiger partial charge in [-0.05, 0) is 66.9 Å². The topological polar surface area (TPSA) is 58.5 Å². The molecule has 0 unspecified atom stereocenters. The van der Waals surface area contributed by atoms with Crippen LogP contribution in [0.1, 0.15) is 21.6 Å². The summed E-state index contributed by atoms with van der Waals surface area (Å²) in [5, 5.41) is 11.4. The Morgan fingerprint density at radius 3 is 2.50 bits per heavy atom. The van der Waals surface area contributed by atoms with Crippen molar-refractivity contribution in [2.24, 2.45) is 0 Å². The molecule has 0 aliphatic rings. The van der Waals surface area contributed by atoms with Gasteiger partial charge in [0.05, 0.1) is 16.6 Å². The molecule has 11 heteroatoms. The van der Waals surface area contributed by atoms with Gasteiger partial charge in [-0.3, -0.25) is 0 Å². The number of nitrogens with zero attached hydrogens (tertiary/aromatic N) is 3. The van der Waals surface area contributed by atoms with E-state index in [9.17, 15) is 27.5 Å². The van der Waals surface area contributed by atoms with E-state index in [0.717, 1.165) is 28.6 Å². The summed E-state index contributed by atoms with van der Waals surface area (Å²) in [6.45, 7) is 3.41. The van der Waals surface area contributed by atoms with Crippen molar-refractivity contribution >= 4 is 28.6 Å². The number of aromatic nitrogens is 3. The lowest BCUT2D eigenvalue weighted by molar-refractivity contribution is -0.671. The maximum atomic E-state index is 15.0. The first-order valence-corrected chi connectivity index (χ1v) is 12.5. The van der Waals surface area contributed by atoms with Gasteiger partial charge in [-0.25, -0.2) is 14.2 Å². The largest absolute Gasteiger partial charge is 0.477 e. The van der Waals surface area contributed by atoms with Crippen LogP contribution in [-0.2, 0) is 12.7 Å². The number of hydrogen-bond donors (Lipinski definition) is 1. The van der Waals surface area contributed by atoms with Crippen molar-refractivity contribution in [2.45, 2.75) is 26.6 Å². The molecule has 0 fully saturated rings. The van der Waals surface area contributed by atoms with Crippen LogP contribution in [0.2, 0.25) is 4.47 Å². The van der Waals surface area contributed by atoms with E-state index in [-0.39, 0.29) is 40.2 Å². The molecule has 0 aliphatic heterocycles. The lowest BCUT2D eigenvalue weighted by atomic mass is 9.95. The van der Waals surface area contributed by atoms with Gasteiger partial charge in [0, 0.05) is 17.3 Å². The van der Waals surface area contributed by atoms with E-state index < -0.39 is 23.1 Å². The number of aromatic hydroxyl groups is 1. The number of benzene rings is 2. The SMILES string of the molecule is Cc1cc(C(F)(F)F)ccc1-c1cc(-c2c(O)[n+](Cc3cnc(Cl)s3)c3c(C)cccn3c2=O)ccc1F. The van der Waals surface area contributed by atoms with Crippen LogP contribution in [0.15, 0.2) is 65.7 Å². The zero-order chi connectivity index (χ0) is 27.4. The molecule has 5 rings (SSSR count). The van der Waals surface area contributed by atoms with Crippen LogP contribution in [0.5, 0.6) is 5.88 Å². The molecule has 0 spiro atoms. The Kier molecular flexibility index (Phi) is 6.48. The molecule has 2 aromatic carbocycles. The number of rotatable bonds is 4. The number of aryl methyl sites for hydroxylation is 2. The van der Waals surface area contributed by atoms with Crippen LogP contribution in [-0.4, -0.2) is 14.5 Å². The predicted molar refractivity (Wildman–Crippen MR) is 137 cm³/mol. The molecule has 0 atom stereocenters. The highest BCUT2D eigenvalue weighted by molar-refractivity contribution is 7.15. The van der Waals surface area contributed by atoms with E-state index in [1.165, 1.54) is 40.9 Å². The van der Waals surface area contributed by atoms with Crippen molar-refractivity contribution in [3.63, 3.8) is 0 Å². The van der Waals surface area contributed by atoms with Crippen LogP contribution < -0.4 is 10.1 Å². The molecule has 1 N–H and O–H groups in total. The van der Waals surface area contributed by atoms with Crippen LogP contribution in [0.25, 0.3) is 27.9 Å². The fraction of sp³-hybridized carbons (Fsp3) is 0.148. The van der Waals surface area contributed by atoms with Crippen molar-refractivity contribution in [1.29, 1.82) is 0 Å². The fourth-order valence-electron chi connectivity index (χ4n) is 4.51. The third-order valence-corrected chi connectivity index (χ3v) is 7.37. The summed E-state index contributed by atoms with van der Waals surface area (Å²) in [5.74, 6) is -1.03. The van der Waals surface area contributed by atoms with Crippen LogP contribution >= 0.6 is 22.9 Å². The predicted octanol–water partition coefficient (Wildman–Crippen LogP) is 6.56. The minimum atomic E-state index is -4.54. The second-order valence-electron chi connectivity index (χ2n) is 8.78. The molecular weight excluding hydrogens is 542 g/mol. The normalized spacial score (nSPS) is 11.9. The first-order chi connectivity index (χ1) is 18.0. The molecule has 0 aliphatic carbocycles. The van der Waals surface area contributed by atoms with E-state index in [2.05, 4.69) is 4.98 Å². The Bertz CT molecular complexity index is 1780. The molecule has 194 valence electrons. The third-order valence-electron chi connectivity index (χ3n) is 6.27. The van der Waals surface area contributed by atoms with Gasteiger partial charge < -0.3 is 5.11 Å². The smallest absolute Gasteiger partial charge is 0.416 e. The quantitative estimate of drug-likeness (QED) is 0.200. The van der Waals surface area contributed by atoms with Gasteiger partial charge in [0.2, 0.25) is 0 Å². The van der Waals surface area contributed by atoms with Gasteiger partial charge in [-0.1, -0.05) is 23.7 Å². The Hall–Kier alpha value is -3.76. The van der Waals surface area contributed by atoms with E-state index in [0.29, 0.717) is 10.1 Å². The minimum absolute atomic E-state index is 0.00246. The van der Waals surface area contributed by atoms with Crippen molar-refractivity contribution in [1.82, 2.24) is 9.38 Å². The second kappa shape index (κ2) is 9.52. The zero-order valence-corrected chi connectivity index (χ0v) is 21.5. The van der Waals surface area contributed by atoms with E-state index >= 15 is 0 Å². The standard InChI is InChI=1S/C27H18ClF4N3O2S/c1-14-4-3-9-34-23(14)35(13-18-12-33-26(28)38-18)25(37)22(24(34)36)16-5-8-21(29)20(11-16)19-7-6-17(10-15(19)2)27(30,31)32/h3-12H,13H2,1-2H3/p+1. The van der Waals surface area contributed by atoms with Gasteiger partial charge in [-0.15, -0.1) is 11.3 Å². The van der Waals surface area contributed by atoms with E-state index in [1.54, 1.807) is 36.0 Å². The van der Waals surface area contributed by atoms with Gasteiger partial charge in [0.15, 0.2) is 10.0 Å². The second-order valence-corrected chi connectivity index (χ2v) is 10.5. The molecule has 38 heavy (non-hydrogen) atoms. The molecule has 0 saturated heterocycles. The Labute approximate surface area is 222 Å². The van der Waals surface area contributed by atoms with E-state index in [4.69, 9.17) is 11.6 Å². The van der Waals surface area contributed by atoms with Crippen molar-refractivity contribution in [3.8, 4) is 28.1 Å². The molecular formula is C27H19ClF4N3O2S+. The summed E-state index contributed by atoms with van der Waals surface area (Å²) in [5.41, 5.74) is 0.351. The highest BCUT2D eigenvalue weighted by Crippen LogP contribution is 2.36. The van der Waals surface area contributed by atoms with E-state index in [1.807, 2.05) is 0 Å². The first-order valence-electron chi connectivity index (χ1n) is 11.3. The average molecular weight is 561 g/mol. The summed E-state index contributed by atoms with van der Waals surface area (Å²) in [7, 11) is 0. The Balaban J connectivity index is 1.74. The Morgan fingerprint density at radius 1 is 1.08 bits per heavy atom. The molecule has 3 aromatic heterocycles. The highest BCUT2D eigenvalue weighted by atomic mass is 35.5. The number of hydrogen-bond acceptors (Lipinski definition) is 4. The van der Waals surface area contributed by atoms with Gasteiger partial charge in [0.25, 0.3) is 11.5 Å². The molecule has 3 heterocycles. The zero-order valence-electron chi connectivity index (χ0n) is 20.0. The van der Waals surface area contributed by atoms with Gasteiger partial charge in [0.1, 0.15) is 12.4 Å². The fourth-order valence-corrected chi connectivity index (χ4v) is 5.48. The summed E-state index contributed by atoms with van der Waals surface area (Å²) in [6, 6.07) is 10.4. The minimum Gasteiger partial charge on any atom is -0.477 e. The Morgan fingerprint density at radius 2 is 1.84 bits per heavy atom. The number of thiazole rings is 1. The van der Waals surface area contributed by atoms with Crippen LogP contribution in [0, 0.1) is 19.7 Å².